The number of allylic oxidation sites excluding steroid dienone is 2. The molecule has 0 aromatic heterocycles. The van der Waals surface area contributed by atoms with Crippen LogP contribution < -0.4 is 5.32 Å². The van der Waals surface area contributed by atoms with Gasteiger partial charge in [-0.1, -0.05) is 12.2 Å². The summed E-state index contributed by atoms with van der Waals surface area (Å²) in [5, 5.41) is 11.2. The van der Waals surface area contributed by atoms with Gasteiger partial charge in [0, 0.05) is 13.2 Å². The highest BCUT2D eigenvalue weighted by Crippen LogP contribution is 2.52. The molecule has 23 heavy (non-hydrogen) atoms. The first kappa shape index (κ1) is 17.8. The van der Waals surface area contributed by atoms with Crippen LogP contribution in [0, 0.1) is 17.8 Å². The van der Waals surface area contributed by atoms with E-state index in [9.17, 15) is 9.59 Å². The van der Waals surface area contributed by atoms with E-state index in [0.717, 1.165) is 24.7 Å². The van der Waals surface area contributed by atoms with Crippen LogP contribution in [0.15, 0.2) is 12.2 Å². The van der Waals surface area contributed by atoms with Crippen LogP contribution in [0.4, 0.5) is 4.79 Å². The summed E-state index contributed by atoms with van der Waals surface area (Å²) in [4.78, 5) is 21.9. The molecular weight excluding hydrogens is 298 g/mol. The van der Waals surface area contributed by atoms with Gasteiger partial charge in [0.25, 0.3) is 0 Å². The Morgan fingerprint density at radius 3 is 2.48 bits per heavy atom. The van der Waals surface area contributed by atoms with Crippen LogP contribution in [0.1, 0.15) is 38.5 Å². The molecule has 2 aliphatic carbocycles. The van der Waals surface area contributed by atoms with Gasteiger partial charge in [-0.25, -0.2) is 4.79 Å². The van der Waals surface area contributed by atoms with Gasteiger partial charge in [0.15, 0.2) is 0 Å². The van der Waals surface area contributed by atoms with Crippen LogP contribution in [0.3, 0.4) is 0 Å². The lowest BCUT2D eigenvalue weighted by Crippen LogP contribution is -2.27. The highest BCUT2D eigenvalue weighted by atomic mass is 16.5. The Balaban J connectivity index is 1.46. The Morgan fingerprint density at radius 1 is 1.13 bits per heavy atom. The summed E-state index contributed by atoms with van der Waals surface area (Å²) in [7, 11) is 0. The number of hydrogen-bond acceptors (Lipinski definition) is 4. The standard InChI is InChI=1S/C17H27NO5/c19-16(20)8-11-22-10-5-9-18-17(21)23-12-15-13-6-3-1-2-4-7-14(13)15/h1-2,13-15H,3-12H2,(H,18,21)(H,19,20)/b2-1-/t13-,14+,15?. The van der Waals surface area contributed by atoms with E-state index in [0.29, 0.717) is 32.1 Å². The fraction of sp³-hybridized carbons (Fsp3) is 0.765. The zero-order valence-corrected chi connectivity index (χ0v) is 13.5. The third-order valence-electron chi connectivity index (χ3n) is 4.61. The lowest BCUT2D eigenvalue weighted by molar-refractivity contribution is -0.138. The lowest BCUT2D eigenvalue weighted by Gasteiger charge is -2.07. The third kappa shape index (κ3) is 6.60. The average molecular weight is 325 g/mol. The second-order valence-electron chi connectivity index (χ2n) is 6.25. The van der Waals surface area contributed by atoms with Gasteiger partial charge in [-0.15, -0.1) is 0 Å². The molecule has 0 aromatic carbocycles. The number of nitrogens with one attached hydrogen (secondary N) is 1. The van der Waals surface area contributed by atoms with E-state index in [4.69, 9.17) is 14.6 Å². The van der Waals surface area contributed by atoms with E-state index in [1.165, 1.54) is 12.8 Å². The number of ether oxygens (including phenoxy) is 2. The van der Waals surface area contributed by atoms with Crippen molar-refractivity contribution >= 4 is 12.1 Å². The molecule has 6 heteroatoms. The first-order valence-electron chi connectivity index (χ1n) is 8.53. The predicted octanol–water partition coefficient (Wildman–Crippen LogP) is 2.59. The quantitative estimate of drug-likeness (QED) is 0.503. The summed E-state index contributed by atoms with van der Waals surface area (Å²) in [6.45, 7) is 1.65. The molecule has 1 saturated carbocycles. The number of hydrogen-bond donors (Lipinski definition) is 2. The molecule has 6 nitrogen and oxygen atoms in total. The Labute approximate surface area is 137 Å². The van der Waals surface area contributed by atoms with Crippen LogP contribution in [0.2, 0.25) is 0 Å². The normalized spacial score (nSPS) is 27.2. The number of aliphatic carboxylic acids is 1. The van der Waals surface area contributed by atoms with Gasteiger partial charge in [-0.3, -0.25) is 4.79 Å². The van der Waals surface area contributed by atoms with Crippen molar-refractivity contribution in [3.8, 4) is 0 Å². The van der Waals surface area contributed by atoms with Crippen molar-refractivity contribution in [2.45, 2.75) is 38.5 Å². The molecule has 0 spiro atoms. The van der Waals surface area contributed by atoms with Gasteiger partial charge in [0.1, 0.15) is 0 Å². The van der Waals surface area contributed by atoms with Crippen LogP contribution in [0.25, 0.3) is 0 Å². The molecule has 0 bridgehead atoms. The minimum absolute atomic E-state index is 0.00864. The molecule has 1 fully saturated rings. The van der Waals surface area contributed by atoms with Gasteiger partial charge < -0.3 is 19.9 Å². The number of alkyl carbamates (subject to hydrolysis) is 1. The van der Waals surface area contributed by atoms with Crippen molar-refractivity contribution < 1.29 is 24.2 Å². The highest BCUT2D eigenvalue weighted by molar-refractivity contribution is 5.67. The zero-order valence-electron chi connectivity index (χ0n) is 13.5. The average Bonchev–Trinajstić information content (AvgIpc) is 3.13. The van der Waals surface area contributed by atoms with Gasteiger partial charge in [0.2, 0.25) is 0 Å². The van der Waals surface area contributed by atoms with Crippen LogP contribution >= 0.6 is 0 Å². The number of carbonyl (C=O) groups excluding carboxylic acids is 1. The lowest BCUT2D eigenvalue weighted by atomic mass is 10.1. The van der Waals surface area contributed by atoms with E-state index < -0.39 is 5.97 Å². The Morgan fingerprint density at radius 2 is 1.83 bits per heavy atom. The maximum absolute atomic E-state index is 11.6. The minimum atomic E-state index is -0.866. The molecule has 0 aliphatic heterocycles. The van der Waals surface area contributed by atoms with Gasteiger partial charge in [-0.05, 0) is 49.9 Å². The summed E-state index contributed by atoms with van der Waals surface area (Å²) < 4.78 is 10.5. The number of carboxylic acids is 1. The maximum Gasteiger partial charge on any atom is 0.407 e. The van der Waals surface area contributed by atoms with Crippen molar-refractivity contribution in [1.82, 2.24) is 5.32 Å². The monoisotopic (exact) mass is 325 g/mol. The Bertz CT molecular complexity index is 407. The van der Waals surface area contributed by atoms with Gasteiger partial charge in [-0.2, -0.15) is 0 Å². The molecule has 3 atom stereocenters. The molecular formula is C17H27NO5. The summed E-state index contributed by atoms with van der Waals surface area (Å²) >= 11 is 0. The molecule has 0 heterocycles. The van der Waals surface area contributed by atoms with Crippen LogP contribution in [-0.4, -0.2) is 43.5 Å². The van der Waals surface area contributed by atoms with Crippen molar-refractivity contribution in [2.24, 2.45) is 17.8 Å². The number of rotatable bonds is 9. The van der Waals surface area contributed by atoms with Crippen molar-refractivity contribution in [3.05, 3.63) is 12.2 Å². The topological polar surface area (TPSA) is 84.9 Å². The molecule has 0 aromatic rings. The summed E-state index contributed by atoms with van der Waals surface area (Å²) in [5.74, 6) is 1.14. The second-order valence-corrected chi connectivity index (χ2v) is 6.25. The SMILES string of the molecule is O=C(O)CCOCCCNC(=O)OCC1[C@H]2CC/C=C\CC[C@@H]12. The van der Waals surface area contributed by atoms with Crippen molar-refractivity contribution in [3.63, 3.8) is 0 Å². The Kier molecular flexibility index (Phi) is 7.39. The van der Waals surface area contributed by atoms with E-state index in [-0.39, 0.29) is 19.1 Å². The fourth-order valence-electron chi connectivity index (χ4n) is 3.29. The van der Waals surface area contributed by atoms with E-state index in [1.807, 2.05) is 0 Å². The summed E-state index contributed by atoms with van der Waals surface area (Å²) in [6, 6.07) is 0. The van der Waals surface area contributed by atoms with E-state index >= 15 is 0 Å². The minimum Gasteiger partial charge on any atom is -0.481 e. The van der Waals surface area contributed by atoms with E-state index in [1.54, 1.807) is 0 Å². The number of amides is 1. The van der Waals surface area contributed by atoms with Gasteiger partial charge >= 0.3 is 12.1 Å². The molecule has 1 amide bonds. The van der Waals surface area contributed by atoms with Crippen molar-refractivity contribution in [2.75, 3.05) is 26.4 Å². The molecule has 2 N–H and O–H groups in total. The molecule has 2 aliphatic rings. The number of carbonyl (C=O) groups is 2. The zero-order chi connectivity index (χ0) is 16.5. The first-order valence-corrected chi connectivity index (χ1v) is 8.53. The molecule has 2 rings (SSSR count). The fourth-order valence-corrected chi connectivity index (χ4v) is 3.29. The molecule has 0 saturated heterocycles. The van der Waals surface area contributed by atoms with E-state index in [2.05, 4.69) is 17.5 Å². The largest absolute Gasteiger partial charge is 0.481 e. The molecule has 130 valence electrons. The second kappa shape index (κ2) is 9.55. The van der Waals surface area contributed by atoms with Crippen LogP contribution in [-0.2, 0) is 14.3 Å². The third-order valence-corrected chi connectivity index (χ3v) is 4.61. The first-order chi connectivity index (χ1) is 11.2. The molecule has 1 unspecified atom stereocenters. The summed E-state index contributed by atoms with van der Waals surface area (Å²) in [6.07, 6.45) is 9.53. The predicted molar refractivity (Wildman–Crippen MR) is 85.1 cm³/mol. The highest BCUT2D eigenvalue weighted by Gasteiger charge is 2.49. The smallest absolute Gasteiger partial charge is 0.407 e. The maximum atomic E-state index is 11.6. The number of carboxylic acid groups (broad SMARTS) is 1. The van der Waals surface area contributed by atoms with Crippen molar-refractivity contribution in [1.29, 1.82) is 0 Å². The summed E-state index contributed by atoms with van der Waals surface area (Å²) in [5.41, 5.74) is 0. The molecule has 0 radical (unpaired) electrons. The van der Waals surface area contributed by atoms with Crippen LogP contribution in [0.5, 0.6) is 0 Å². The number of fused-ring (bicyclic) bond motifs is 1. The van der Waals surface area contributed by atoms with Gasteiger partial charge in [0.05, 0.1) is 19.6 Å². The Hall–Kier alpha value is -1.56.